The van der Waals surface area contributed by atoms with Gasteiger partial charge >= 0.3 is 6.18 Å². The largest absolute Gasteiger partial charge is 0.421 e. The van der Waals surface area contributed by atoms with Gasteiger partial charge in [0.05, 0.1) is 0 Å². The summed E-state index contributed by atoms with van der Waals surface area (Å²) in [6, 6.07) is 6.81. The van der Waals surface area contributed by atoms with Crippen molar-refractivity contribution < 1.29 is 13.2 Å². The van der Waals surface area contributed by atoms with E-state index in [4.69, 9.17) is 5.73 Å². The van der Waals surface area contributed by atoms with Crippen molar-refractivity contribution in [2.45, 2.75) is 43.9 Å². The van der Waals surface area contributed by atoms with Gasteiger partial charge in [0.25, 0.3) is 5.56 Å². The highest BCUT2D eigenvalue weighted by Gasteiger charge is 2.36. The Morgan fingerprint density at radius 3 is 2.61 bits per heavy atom. The van der Waals surface area contributed by atoms with Crippen LogP contribution in [0.1, 0.15) is 31.2 Å². The summed E-state index contributed by atoms with van der Waals surface area (Å²) in [5.74, 6) is -0.216. The smallest absolute Gasteiger partial charge is 0.367 e. The predicted molar refractivity (Wildman–Crippen MR) is 113 cm³/mol. The molecule has 1 saturated carbocycles. The van der Waals surface area contributed by atoms with E-state index in [0.29, 0.717) is 29.3 Å². The van der Waals surface area contributed by atoms with Crippen molar-refractivity contribution in [2.24, 2.45) is 12.8 Å². The van der Waals surface area contributed by atoms with E-state index in [1.165, 1.54) is 4.57 Å². The summed E-state index contributed by atoms with van der Waals surface area (Å²) in [7, 11) is 1.67. The molecule has 0 amide bonds. The van der Waals surface area contributed by atoms with Crippen molar-refractivity contribution >= 4 is 28.2 Å². The van der Waals surface area contributed by atoms with Crippen LogP contribution in [-0.4, -0.2) is 26.6 Å². The molecule has 1 aliphatic carbocycles. The number of rotatable bonds is 4. The zero-order valence-electron chi connectivity index (χ0n) is 16.9. The van der Waals surface area contributed by atoms with Crippen LogP contribution >= 0.6 is 0 Å². The van der Waals surface area contributed by atoms with E-state index in [2.05, 4.69) is 20.6 Å². The third-order valence-electron chi connectivity index (χ3n) is 5.54. The first-order valence-corrected chi connectivity index (χ1v) is 10.0. The summed E-state index contributed by atoms with van der Waals surface area (Å²) < 4.78 is 41.9. The average molecular weight is 432 g/mol. The standard InChI is InChI=1S/C21H23F3N6O/c1-30-9-8-12-10-15(6-7-16(12)19(30)31)28-20-26-11-17(21(22,23)24)18(29-20)27-14-4-2-13(25)3-5-14/h6-11,13-14H,2-5,25H2,1H3,(H2,26,27,28,29)/t13-,14+. The summed E-state index contributed by atoms with van der Waals surface area (Å²) in [5.41, 5.74) is 5.42. The molecule has 2 aromatic heterocycles. The Balaban J connectivity index is 1.62. The van der Waals surface area contributed by atoms with Crippen LogP contribution in [0.4, 0.5) is 30.6 Å². The van der Waals surface area contributed by atoms with E-state index in [9.17, 15) is 18.0 Å². The van der Waals surface area contributed by atoms with Crippen LogP contribution in [-0.2, 0) is 13.2 Å². The first-order valence-electron chi connectivity index (χ1n) is 10.0. The molecule has 10 heteroatoms. The molecule has 3 aromatic rings. The second-order valence-electron chi connectivity index (χ2n) is 7.87. The molecule has 7 nitrogen and oxygen atoms in total. The number of nitrogens with one attached hydrogen (secondary N) is 2. The molecule has 31 heavy (non-hydrogen) atoms. The number of anilines is 3. The Morgan fingerprint density at radius 1 is 1.16 bits per heavy atom. The van der Waals surface area contributed by atoms with Crippen molar-refractivity contribution in [3.63, 3.8) is 0 Å². The van der Waals surface area contributed by atoms with Crippen LogP contribution in [0.5, 0.6) is 0 Å². The summed E-state index contributed by atoms with van der Waals surface area (Å²) in [4.78, 5) is 20.1. The lowest BCUT2D eigenvalue weighted by Crippen LogP contribution is -2.33. The van der Waals surface area contributed by atoms with Crippen molar-refractivity contribution in [1.82, 2.24) is 14.5 Å². The molecule has 0 radical (unpaired) electrons. The lowest BCUT2D eigenvalue weighted by molar-refractivity contribution is -0.137. The normalized spacial score (nSPS) is 19.4. The van der Waals surface area contributed by atoms with Gasteiger partial charge in [-0.1, -0.05) is 0 Å². The number of fused-ring (bicyclic) bond motifs is 1. The van der Waals surface area contributed by atoms with Crippen LogP contribution < -0.4 is 21.9 Å². The van der Waals surface area contributed by atoms with Gasteiger partial charge in [0.15, 0.2) is 0 Å². The third kappa shape index (κ3) is 4.63. The third-order valence-corrected chi connectivity index (χ3v) is 5.54. The van der Waals surface area contributed by atoms with E-state index in [0.717, 1.165) is 19.0 Å². The van der Waals surface area contributed by atoms with Crippen LogP contribution in [0.2, 0.25) is 0 Å². The van der Waals surface area contributed by atoms with Gasteiger partial charge in [-0.2, -0.15) is 18.2 Å². The Hall–Kier alpha value is -3.14. The van der Waals surface area contributed by atoms with E-state index >= 15 is 0 Å². The quantitative estimate of drug-likeness (QED) is 0.581. The first kappa shape index (κ1) is 21.1. The van der Waals surface area contributed by atoms with E-state index < -0.39 is 11.7 Å². The Bertz CT molecular complexity index is 1150. The van der Waals surface area contributed by atoms with Crippen LogP contribution in [0, 0.1) is 0 Å². The number of pyridine rings is 1. The molecule has 0 unspecified atom stereocenters. The lowest BCUT2D eigenvalue weighted by Gasteiger charge is -2.28. The minimum absolute atomic E-state index is 0.0335. The van der Waals surface area contributed by atoms with Gasteiger partial charge in [-0.15, -0.1) is 0 Å². The molecular weight excluding hydrogens is 409 g/mol. The molecule has 0 spiro atoms. The van der Waals surface area contributed by atoms with Crippen molar-refractivity contribution in [1.29, 1.82) is 0 Å². The summed E-state index contributed by atoms with van der Waals surface area (Å²) in [6.07, 6.45) is 0.742. The number of nitrogens with two attached hydrogens (primary N) is 1. The maximum Gasteiger partial charge on any atom is 0.421 e. The number of hydrogen-bond acceptors (Lipinski definition) is 6. The number of hydrogen-bond donors (Lipinski definition) is 3. The molecule has 0 saturated heterocycles. The first-order chi connectivity index (χ1) is 14.7. The molecule has 2 heterocycles. The van der Waals surface area contributed by atoms with Gasteiger partial charge in [-0.3, -0.25) is 4.79 Å². The Labute approximate surface area is 176 Å². The molecule has 164 valence electrons. The second-order valence-corrected chi connectivity index (χ2v) is 7.87. The van der Waals surface area contributed by atoms with Gasteiger partial charge in [0, 0.05) is 42.6 Å². The number of aryl methyl sites for hydroxylation is 1. The van der Waals surface area contributed by atoms with E-state index in [1.54, 1.807) is 37.5 Å². The highest BCUT2D eigenvalue weighted by molar-refractivity contribution is 5.85. The molecule has 0 aliphatic heterocycles. The fourth-order valence-corrected chi connectivity index (χ4v) is 3.77. The summed E-state index contributed by atoms with van der Waals surface area (Å²) >= 11 is 0. The van der Waals surface area contributed by atoms with Gasteiger partial charge < -0.3 is 20.9 Å². The lowest BCUT2D eigenvalue weighted by atomic mass is 9.92. The van der Waals surface area contributed by atoms with E-state index in [-0.39, 0.29) is 29.4 Å². The number of halogens is 3. The minimum Gasteiger partial charge on any atom is -0.367 e. The van der Waals surface area contributed by atoms with Crippen molar-refractivity contribution in [2.75, 3.05) is 10.6 Å². The number of aromatic nitrogens is 3. The molecule has 1 fully saturated rings. The maximum absolute atomic E-state index is 13.5. The zero-order chi connectivity index (χ0) is 22.2. The Morgan fingerprint density at radius 2 is 1.90 bits per heavy atom. The second kappa shape index (κ2) is 8.18. The fraction of sp³-hybridized carbons (Fsp3) is 0.381. The van der Waals surface area contributed by atoms with Gasteiger partial charge in [-0.25, -0.2) is 4.98 Å². The average Bonchev–Trinajstić information content (AvgIpc) is 2.72. The van der Waals surface area contributed by atoms with Gasteiger partial charge in [0.1, 0.15) is 11.4 Å². The van der Waals surface area contributed by atoms with Crippen LogP contribution in [0.15, 0.2) is 41.5 Å². The zero-order valence-corrected chi connectivity index (χ0v) is 16.9. The van der Waals surface area contributed by atoms with Crippen molar-refractivity contribution in [3.05, 3.63) is 52.6 Å². The van der Waals surface area contributed by atoms with Crippen molar-refractivity contribution in [3.8, 4) is 0 Å². The van der Waals surface area contributed by atoms with Crippen LogP contribution in [0.3, 0.4) is 0 Å². The molecule has 4 rings (SSSR count). The predicted octanol–water partition coefficient (Wildman–Crippen LogP) is 3.77. The molecule has 4 N–H and O–H groups in total. The minimum atomic E-state index is -4.57. The summed E-state index contributed by atoms with van der Waals surface area (Å²) in [6.45, 7) is 0. The number of nitrogens with zero attached hydrogens (tertiary/aromatic N) is 3. The Kier molecular flexibility index (Phi) is 5.57. The monoisotopic (exact) mass is 432 g/mol. The molecular formula is C21H23F3N6O. The SMILES string of the molecule is Cn1ccc2cc(Nc3ncc(C(F)(F)F)c(N[C@H]4CC[C@@H](N)CC4)n3)ccc2c1=O. The molecule has 0 atom stereocenters. The van der Waals surface area contributed by atoms with Crippen LogP contribution in [0.25, 0.3) is 10.8 Å². The fourth-order valence-electron chi connectivity index (χ4n) is 3.77. The maximum atomic E-state index is 13.5. The highest BCUT2D eigenvalue weighted by Crippen LogP contribution is 2.35. The molecule has 0 bridgehead atoms. The van der Waals surface area contributed by atoms with Gasteiger partial charge in [0.2, 0.25) is 5.95 Å². The summed E-state index contributed by atoms with van der Waals surface area (Å²) in [5, 5.41) is 7.12. The topological polar surface area (TPSA) is 97.9 Å². The van der Waals surface area contributed by atoms with E-state index in [1.807, 2.05) is 0 Å². The highest BCUT2D eigenvalue weighted by atomic mass is 19.4. The molecule has 1 aromatic carbocycles. The number of alkyl halides is 3. The van der Waals surface area contributed by atoms with Gasteiger partial charge in [-0.05, 0) is 55.3 Å². The number of benzene rings is 1. The molecule has 1 aliphatic rings.